The minimum atomic E-state index is -0.346. The molecule has 0 aliphatic carbocycles. The Morgan fingerprint density at radius 2 is 2.19 bits per heavy atom. The van der Waals surface area contributed by atoms with Crippen LogP contribution in [0.1, 0.15) is 26.7 Å². The molecular formula is C16H23N3O2. The highest BCUT2D eigenvalue weighted by molar-refractivity contribution is 5.82. The van der Waals surface area contributed by atoms with Gasteiger partial charge in [-0.05, 0) is 44.0 Å². The Kier molecular flexibility index (Phi) is 5.33. The highest BCUT2D eigenvalue weighted by Gasteiger charge is 2.15. The van der Waals surface area contributed by atoms with E-state index < -0.39 is 0 Å². The smallest absolute Gasteiger partial charge is 0.270 e. The van der Waals surface area contributed by atoms with Crippen molar-refractivity contribution in [1.82, 2.24) is 9.88 Å². The molecule has 1 aliphatic rings. The van der Waals surface area contributed by atoms with E-state index in [0.29, 0.717) is 0 Å². The molecule has 0 bridgehead atoms. The van der Waals surface area contributed by atoms with Crippen LogP contribution < -0.4 is 5.32 Å². The lowest BCUT2D eigenvalue weighted by Gasteiger charge is -2.10. The van der Waals surface area contributed by atoms with Gasteiger partial charge in [-0.3, -0.25) is 10.1 Å². The average molecular weight is 289 g/mol. The predicted octanol–water partition coefficient (Wildman–Crippen LogP) is 3.58. The molecule has 1 aromatic heterocycles. The number of rotatable bonds is 4. The van der Waals surface area contributed by atoms with Crippen LogP contribution in [0.25, 0.3) is 10.9 Å². The Balaban J connectivity index is 0.000000774. The van der Waals surface area contributed by atoms with Crippen LogP contribution >= 0.6 is 0 Å². The average Bonchev–Trinajstić information content (AvgIpc) is 3.16. The van der Waals surface area contributed by atoms with E-state index >= 15 is 0 Å². The summed E-state index contributed by atoms with van der Waals surface area (Å²) < 4.78 is 2.19. The van der Waals surface area contributed by atoms with Crippen LogP contribution in [0.4, 0.5) is 5.69 Å². The second-order valence-electron chi connectivity index (χ2n) is 5.16. The number of hydrogen-bond acceptors (Lipinski definition) is 3. The summed E-state index contributed by atoms with van der Waals surface area (Å²) in [5.74, 6) is 0.760. The number of fused-ring (bicyclic) bond motifs is 1. The molecule has 1 saturated heterocycles. The minimum absolute atomic E-state index is 0.158. The maximum Gasteiger partial charge on any atom is 0.270 e. The fourth-order valence-corrected chi connectivity index (χ4v) is 2.78. The van der Waals surface area contributed by atoms with Gasteiger partial charge in [-0.15, -0.1) is 0 Å². The summed E-state index contributed by atoms with van der Waals surface area (Å²) in [6.45, 7) is 7.22. The summed E-state index contributed by atoms with van der Waals surface area (Å²) >= 11 is 0. The molecule has 1 atom stereocenters. The summed E-state index contributed by atoms with van der Waals surface area (Å²) in [7, 11) is 0. The topological polar surface area (TPSA) is 60.1 Å². The lowest BCUT2D eigenvalue weighted by atomic mass is 10.1. The third kappa shape index (κ3) is 3.61. The van der Waals surface area contributed by atoms with E-state index in [-0.39, 0.29) is 10.6 Å². The maximum absolute atomic E-state index is 10.7. The minimum Gasteiger partial charge on any atom is -0.347 e. The number of aryl methyl sites for hydroxylation is 1. The van der Waals surface area contributed by atoms with Crippen LogP contribution in [0.3, 0.4) is 0 Å². The zero-order chi connectivity index (χ0) is 15.2. The standard InChI is InChI=1S/C14H17N3O2.C2H6/c18-17(19)13-1-2-14-12(9-13)5-8-16(14)7-4-11-3-6-15-10-11;1-2/h1-2,5,8-9,11,15H,3-4,6-7,10H2;1-2H3. The number of nitro groups is 1. The van der Waals surface area contributed by atoms with Gasteiger partial charge in [-0.25, -0.2) is 0 Å². The van der Waals surface area contributed by atoms with Crippen molar-refractivity contribution in [3.05, 3.63) is 40.6 Å². The van der Waals surface area contributed by atoms with E-state index in [2.05, 4.69) is 9.88 Å². The number of benzene rings is 1. The normalized spacial score (nSPS) is 17.5. The first-order chi connectivity index (χ1) is 10.2. The zero-order valence-corrected chi connectivity index (χ0v) is 12.7. The molecule has 1 fully saturated rings. The number of nitrogens with one attached hydrogen (secondary N) is 1. The summed E-state index contributed by atoms with van der Waals surface area (Å²) in [5, 5.41) is 15.1. The molecule has 3 rings (SSSR count). The first-order valence-corrected chi connectivity index (χ1v) is 7.68. The Morgan fingerprint density at radius 3 is 2.86 bits per heavy atom. The molecule has 0 spiro atoms. The van der Waals surface area contributed by atoms with Gasteiger partial charge in [-0.2, -0.15) is 0 Å². The van der Waals surface area contributed by atoms with Gasteiger partial charge in [0.15, 0.2) is 0 Å². The van der Waals surface area contributed by atoms with E-state index in [1.807, 2.05) is 32.2 Å². The molecule has 0 saturated carbocycles. The molecule has 21 heavy (non-hydrogen) atoms. The zero-order valence-electron chi connectivity index (χ0n) is 12.7. The summed E-state index contributed by atoms with van der Waals surface area (Å²) in [6.07, 6.45) is 4.44. The molecule has 0 amide bonds. The molecule has 5 nitrogen and oxygen atoms in total. The van der Waals surface area contributed by atoms with Crippen molar-refractivity contribution in [1.29, 1.82) is 0 Å². The van der Waals surface area contributed by atoms with Gasteiger partial charge >= 0.3 is 0 Å². The number of nitro benzene ring substituents is 1. The van der Waals surface area contributed by atoms with Gasteiger partial charge in [0.05, 0.1) is 4.92 Å². The van der Waals surface area contributed by atoms with Gasteiger partial charge < -0.3 is 9.88 Å². The molecule has 5 heteroatoms. The van der Waals surface area contributed by atoms with Crippen molar-refractivity contribution in [3.63, 3.8) is 0 Å². The van der Waals surface area contributed by atoms with Crippen molar-refractivity contribution < 1.29 is 4.92 Å². The van der Waals surface area contributed by atoms with Crippen molar-refractivity contribution in [2.75, 3.05) is 13.1 Å². The van der Waals surface area contributed by atoms with Crippen LogP contribution in [0.2, 0.25) is 0 Å². The number of aromatic nitrogens is 1. The van der Waals surface area contributed by atoms with E-state index in [1.165, 1.54) is 6.42 Å². The van der Waals surface area contributed by atoms with E-state index in [1.54, 1.807) is 12.1 Å². The predicted molar refractivity (Wildman–Crippen MR) is 85.5 cm³/mol. The molecule has 1 aromatic carbocycles. The lowest BCUT2D eigenvalue weighted by Crippen LogP contribution is -2.10. The van der Waals surface area contributed by atoms with Gasteiger partial charge in [0.2, 0.25) is 0 Å². The van der Waals surface area contributed by atoms with Crippen LogP contribution in [-0.2, 0) is 6.54 Å². The fraction of sp³-hybridized carbons (Fsp3) is 0.500. The molecule has 2 aromatic rings. The molecular weight excluding hydrogens is 266 g/mol. The molecule has 1 aliphatic heterocycles. The first-order valence-electron chi connectivity index (χ1n) is 7.68. The van der Waals surface area contributed by atoms with Crippen LogP contribution in [0.15, 0.2) is 30.5 Å². The Hall–Kier alpha value is -1.88. The fourth-order valence-electron chi connectivity index (χ4n) is 2.78. The van der Waals surface area contributed by atoms with Crippen molar-refractivity contribution in [2.24, 2.45) is 5.92 Å². The Morgan fingerprint density at radius 1 is 1.38 bits per heavy atom. The van der Waals surface area contributed by atoms with Gasteiger partial charge in [-0.1, -0.05) is 13.8 Å². The third-order valence-electron chi connectivity index (χ3n) is 3.91. The van der Waals surface area contributed by atoms with Gasteiger partial charge in [0.1, 0.15) is 0 Å². The van der Waals surface area contributed by atoms with Crippen LogP contribution in [0.5, 0.6) is 0 Å². The second-order valence-corrected chi connectivity index (χ2v) is 5.16. The van der Waals surface area contributed by atoms with E-state index in [9.17, 15) is 10.1 Å². The highest BCUT2D eigenvalue weighted by atomic mass is 16.6. The lowest BCUT2D eigenvalue weighted by molar-refractivity contribution is -0.384. The Labute approximate surface area is 125 Å². The largest absolute Gasteiger partial charge is 0.347 e. The van der Waals surface area contributed by atoms with E-state index in [4.69, 9.17) is 0 Å². The Bertz CT molecular complexity index is 601. The van der Waals surface area contributed by atoms with Crippen molar-refractivity contribution >= 4 is 16.6 Å². The molecule has 114 valence electrons. The van der Waals surface area contributed by atoms with Crippen molar-refractivity contribution in [2.45, 2.75) is 33.2 Å². The summed E-state index contributed by atoms with van der Waals surface area (Å²) in [5.41, 5.74) is 1.24. The maximum atomic E-state index is 10.7. The molecule has 1 N–H and O–H groups in total. The number of non-ortho nitro benzene ring substituents is 1. The first kappa shape index (κ1) is 15.5. The molecule has 1 unspecified atom stereocenters. The van der Waals surface area contributed by atoms with E-state index in [0.717, 1.165) is 42.9 Å². The molecule has 0 radical (unpaired) electrons. The highest BCUT2D eigenvalue weighted by Crippen LogP contribution is 2.23. The monoisotopic (exact) mass is 289 g/mol. The summed E-state index contributed by atoms with van der Waals surface area (Å²) in [6, 6.07) is 7.02. The SMILES string of the molecule is CC.O=[N+]([O-])c1ccc2c(ccn2CCC2CCNC2)c1. The quantitative estimate of drug-likeness (QED) is 0.691. The number of hydrogen-bond donors (Lipinski definition) is 1. The summed E-state index contributed by atoms with van der Waals surface area (Å²) in [4.78, 5) is 10.4. The molecule has 2 heterocycles. The van der Waals surface area contributed by atoms with Crippen LogP contribution in [-0.4, -0.2) is 22.6 Å². The van der Waals surface area contributed by atoms with Gasteiger partial charge in [0, 0.05) is 35.8 Å². The van der Waals surface area contributed by atoms with Gasteiger partial charge in [0.25, 0.3) is 5.69 Å². The van der Waals surface area contributed by atoms with Crippen LogP contribution in [0, 0.1) is 16.0 Å². The third-order valence-corrected chi connectivity index (χ3v) is 3.91. The van der Waals surface area contributed by atoms with Crippen molar-refractivity contribution in [3.8, 4) is 0 Å². The second kappa shape index (κ2) is 7.22. The number of nitrogens with zero attached hydrogens (tertiary/aromatic N) is 2.